The van der Waals surface area contributed by atoms with Crippen LogP contribution < -0.4 is 14.8 Å². The number of amides is 1. The van der Waals surface area contributed by atoms with Crippen molar-refractivity contribution in [2.24, 2.45) is 0 Å². The van der Waals surface area contributed by atoms with E-state index in [1.165, 1.54) is 0 Å². The Balaban J connectivity index is 2.05. The minimum absolute atomic E-state index is 0.278. The minimum atomic E-state index is -0.685. The van der Waals surface area contributed by atoms with E-state index in [2.05, 4.69) is 5.32 Å². The highest BCUT2D eigenvalue weighted by molar-refractivity contribution is 6.32. The van der Waals surface area contributed by atoms with Crippen molar-refractivity contribution in [2.75, 3.05) is 12.4 Å². The smallest absolute Gasteiger partial charge is 0.265 e. The number of benzene rings is 2. The highest BCUT2D eigenvalue weighted by Gasteiger charge is 2.17. The molecule has 0 aromatic heterocycles. The number of ether oxygens (including phenoxy) is 2. The Morgan fingerprint density at radius 2 is 1.71 bits per heavy atom. The van der Waals surface area contributed by atoms with Crippen molar-refractivity contribution in [3.63, 3.8) is 0 Å². The number of nitrogens with one attached hydrogen (secondary N) is 1. The standard InChI is InChI=1S/C16H16ClNO3/c1-11(21-14-9-5-3-7-12(14)17)16(19)18-13-8-4-6-10-15(13)20-2/h3-11H,1-2H3,(H,18,19)/t11-/m1/s1. The zero-order chi connectivity index (χ0) is 15.2. The second-order valence-electron chi connectivity index (χ2n) is 4.38. The van der Waals surface area contributed by atoms with Crippen LogP contribution in [0.15, 0.2) is 48.5 Å². The third-order valence-electron chi connectivity index (χ3n) is 2.87. The fraction of sp³-hybridized carbons (Fsp3) is 0.188. The summed E-state index contributed by atoms with van der Waals surface area (Å²) in [6.45, 7) is 1.66. The first-order valence-electron chi connectivity index (χ1n) is 6.47. The molecular formula is C16H16ClNO3. The van der Waals surface area contributed by atoms with Crippen LogP contribution in [0.25, 0.3) is 0 Å². The SMILES string of the molecule is COc1ccccc1NC(=O)[C@@H](C)Oc1ccccc1Cl. The number of para-hydroxylation sites is 3. The Morgan fingerprint density at radius 1 is 1.10 bits per heavy atom. The molecule has 1 N–H and O–H groups in total. The van der Waals surface area contributed by atoms with E-state index in [0.29, 0.717) is 22.2 Å². The van der Waals surface area contributed by atoms with E-state index >= 15 is 0 Å². The molecule has 21 heavy (non-hydrogen) atoms. The van der Waals surface area contributed by atoms with Crippen LogP contribution in [-0.2, 0) is 4.79 Å². The van der Waals surface area contributed by atoms with E-state index in [0.717, 1.165) is 0 Å². The second-order valence-corrected chi connectivity index (χ2v) is 4.79. The predicted octanol–water partition coefficient (Wildman–Crippen LogP) is 3.75. The van der Waals surface area contributed by atoms with Crippen molar-refractivity contribution in [1.29, 1.82) is 0 Å². The molecule has 0 aliphatic rings. The van der Waals surface area contributed by atoms with Gasteiger partial charge in [-0.2, -0.15) is 0 Å². The van der Waals surface area contributed by atoms with Crippen LogP contribution >= 0.6 is 11.6 Å². The van der Waals surface area contributed by atoms with Gasteiger partial charge >= 0.3 is 0 Å². The molecule has 1 amide bonds. The summed E-state index contributed by atoms with van der Waals surface area (Å²) < 4.78 is 10.8. The largest absolute Gasteiger partial charge is 0.495 e. The first-order valence-corrected chi connectivity index (χ1v) is 6.84. The van der Waals surface area contributed by atoms with Gasteiger partial charge in [0.1, 0.15) is 11.5 Å². The van der Waals surface area contributed by atoms with Crippen molar-refractivity contribution in [3.8, 4) is 11.5 Å². The maximum absolute atomic E-state index is 12.2. The fourth-order valence-electron chi connectivity index (χ4n) is 1.77. The van der Waals surface area contributed by atoms with Crippen LogP contribution in [0.5, 0.6) is 11.5 Å². The zero-order valence-electron chi connectivity index (χ0n) is 11.8. The molecule has 0 aliphatic heterocycles. The van der Waals surface area contributed by atoms with Gasteiger partial charge in [-0.25, -0.2) is 0 Å². The van der Waals surface area contributed by atoms with Gasteiger partial charge in [-0.1, -0.05) is 35.9 Å². The summed E-state index contributed by atoms with van der Waals surface area (Å²) in [5.74, 6) is 0.789. The summed E-state index contributed by atoms with van der Waals surface area (Å²) in [7, 11) is 1.55. The Hall–Kier alpha value is -2.20. The molecule has 0 radical (unpaired) electrons. The first-order chi connectivity index (χ1) is 10.1. The number of methoxy groups -OCH3 is 1. The van der Waals surface area contributed by atoms with Crippen LogP contribution in [0.2, 0.25) is 5.02 Å². The lowest BCUT2D eigenvalue weighted by molar-refractivity contribution is -0.122. The van der Waals surface area contributed by atoms with Gasteiger partial charge < -0.3 is 14.8 Å². The molecule has 0 bridgehead atoms. The Morgan fingerprint density at radius 3 is 2.38 bits per heavy atom. The normalized spacial score (nSPS) is 11.6. The van der Waals surface area contributed by atoms with E-state index in [1.807, 2.05) is 12.1 Å². The molecule has 0 spiro atoms. The number of anilines is 1. The lowest BCUT2D eigenvalue weighted by Crippen LogP contribution is -2.30. The van der Waals surface area contributed by atoms with Gasteiger partial charge in [-0.05, 0) is 31.2 Å². The van der Waals surface area contributed by atoms with Crippen LogP contribution in [0.3, 0.4) is 0 Å². The van der Waals surface area contributed by atoms with Crippen molar-refractivity contribution in [3.05, 3.63) is 53.6 Å². The predicted molar refractivity (Wildman–Crippen MR) is 83.2 cm³/mol. The Kier molecular flexibility index (Phi) is 5.06. The lowest BCUT2D eigenvalue weighted by atomic mass is 10.2. The quantitative estimate of drug-likeness (QED) is 0.915. The molecule has 2 rings (SSSR count). The number of rotatable bonds is 5. The van der Waals surface area contributed by atoms with Gasteiger partial charge in [0.25, 0.3) is 5.91 Å². The van der Waals surface area contributed by atoms with E-state index in [-0.39, 0.29) is 5.91 Å². The molecule has 2 aromatic rings. The van der Waals surface area contributed by atoms with Gasteiger partial charge in [0, 0.05) is 0 Å². The number of hydrogen-bond donors (Lipinski definition) is 1. The van der Waals surface area contributed by atoms with E-state index in [1.54, 1.807) is 50.4 Å². The molecule has 4 nitrogen and oxygen atoms in total. The average Bonchev–Trinajstić information content (AvgIpc) is 2.50. The number of hydrogen-bond acceptors (Lipinski definition) is 3. The Labute approximate surface area is 128 Å². The number of carbonyl (C=O) groups excluding carboxylic acids is 1. The average molecular weight is 306 g/mol. The minimum Gasteiger partial charge on any atom is -0.495 e. The molecule has 0 aliphatic carbocycles. The highest BCUT2D eigenvalue weighted by Crippen LogP contribution is 2.26. The van der Waals surface area contributed by atoms with Crippen molar-refractivity contribution in [1.82, 2.24) is 0 Å². The topological polar surface area (TPSA) is 47.6 Å². The van der Waals surface area contributed by atoms with Crippen LogP contribution in [0.4, 0.5) is 5.69 Å². The third kappa shape index (κ3) is 3.89. The van der Waals surface area contributed by atoms with Crippen molar-refractivity contribution >= 4 is 23.2 Å². The fourth-order valence-corrected chi connectivity index (χ4v) is 1.95. The Bertz CT molecular complexity index is 630. The summed E-state index contributed by atoms with van der Waals surface area (Å²) >= 11 is 6.00. The highest BCUT2D eigenvalue weighted by atomic mass is 35.5. The lowest BCUT2D eigenvalue weighted by Gasteiger charge is -2.16. The van der Waals surface area contributed by atoms with E-state index < -0.39 is 6.10 Å². The molecule has 2 aromatic carbocycles. The molecule has 0 unspecified atom stereocenters. The summed E-state index contributed by atoms with van der Waals surface area (Å²) in [5, 5.41) is 3.24. The number of carbonyl (C=O) groups is 1. The van der Waals surface area contributed by atoms with Gasteiger partial charge in [-0.15, -0.1) is 0 Å². The molecule has 0 saturated heterocycles. The van der Waals surface area contributed by atoms with E-state index in [4.69, 9.17) is 21.1 Å². The monoisotopic (exact) mass is 305 g/mol. The molecule has 110 valence electrons. The molecule has 5 heteroatoms. The first kappa shape index (κ1) is 15.2. The summed E-state index contributed by atoms with van der Waals surface area (Å²) in [6.07, 6.45) is -0.685. The molecular weight excluding hydrogens is 290 g/mol. The maximum atomic E-state index is 12.2. The summed E-state index contributed by atoms with van der Waals surface area (Å²) in [4.78, 5) is 12.2. The van der Waals surface area contributed by atoms with Gasteiger partial charge in [0.05, 0.1) is 17.8 Å². The van der Waals surface area contributed by atoms with E-state index in [9.17, 15) is 4.79 Å². The molecule has 0 heterocycles. The molecule has 1 atom stereocenters. The molecule has 0 fully saturated rings. The number of halogens is 1. The third-order valence-corrected chi connectivity index (χ3v) is 3.19. The summed E-state index contributed by atoms with van der Waals surface area (Å²) in [6, 6.07) is 14.2. The van der Waals surface area contributed by atoms with Gasteiger partial charge in [0.2, 0.25) is 0 Å². The second kappa shape index (κ2) is 6.99. The van der Waals surface area contributed by atoms with Gasteiger partial charge in [-0.3, -0.25) is 4.79 Å². The van der Waals surface area contributed by atoms with Gasteiger partial charge in [0.15, 0.2) is 6.10 Å². The maximum Gasteiger partial charge on any atom is 0.265 e. The zero-order valence-corrected chi connectivity index (χ0v) is 12.6. The summed E-state index contributed by atoms with van der Waals surface area (Å²) in [5.41, 5.74) is 0.597. The van der Waals surface area contributed by atoms with Crippen molar-refractivity contribution in [2.45, 2.75) is 13.0 Å². The van der Waals surface area contributed by atoms with Crippen LogP contribution in [0.1, 0.15) is 6.92 Å². The molecule has 0 saturated carbocycles. The van der Waals surface area contributed by atoms with Crippen LogP contribution in [-0.4, -0.2) is 19.1 Å². The van der Waals surface area contributed by atoms with Crippen molar-refractivity contribution < 1.29 is 14.3 Å². The van der Waals surface area contributed by atoms with Crippen LogP contribution in [0, 0.1) is 0 Å².